The molecule has 1 aliphatic heterocycles. The van der Waals surface area contributed by atoms with Gasteiger partial charge in [0.25, 0.3) is 0 Å². The van der Waals surface area contributed by atoms with Gasteiger partial charge in [-0.1, -0.05) is 68.5 Å². The Morgan fingerprint density at radius 3 is 2.46 bits per heavy atom. The van der Waals surface area contributed by atoms with Crippen LogP contribution in [0.5, 0.6) is 0 Å². The maximum Gasteiger partial charge on any atom is 0.231 e. The minimum atomic E-state index is -1.75. The van der Waals surface area contributed by atoms with Gasteiger partial charge >= 0.3 is 0 Å². The van der Waals surface area contributed by atoms with Crippen molar-refractivity contribution >= 4 is 18.4 Å². The van der Waals surface area contributed by atoms with Crippen LogP contribution in [0.4, 0.5) is 0 Å². The van der Waals surface area contributed by atoms with Crippen LogP contribution in [-0.2, 0) is 12.5 Å². The molecular formula is C23H27N2Si+. The van der Waals surface area contributed by atoms with Crippen molar-refractivity contribution in [1.82, 2.24) is 4.98 Å². The first-order valence-corrected chi connectivity index (χ1v) is 12.3. The van der Waals surface area contributed by atoms with Crippen molar-refractivity contribution in [2.45, 2.75) is 39.3 Å². The third-order valence-corrected chi connectivity index (χ3v) is 9.74. The van der Waals surface area contributed by atoms with Crippen molar-refractivity contribution in [3.05, 3.63) is 71.7 Å². The number of rotatable bonds is 1. The molecule has 26 heavy (non-hydrogen) atoms. The minimum Gasteiger partial charge on any atom is -0.252 e. The summed E-state index contributed by atoms with van der Waals surface area (Å²) in [4.78, 5) is 4.43. The Hall–Kier alpha value is -2.26. The molecule has 3 aromatic rings. The summed E-state index contributed by atoms with van der Waals surface area (Å²) in [5.41, 5.74) is 6.83. The lowest BCUT2D eigenvalue weighted by Gasteiger charge is -2.44. The highest BCUT2D eigenvalue weighted by Gasteiger charge is 2.45. The van der Waals surface area contributed by atoms with E-state index in [0.29, 0.717) is 0 Å². The maximum atomic E-state index is 4.43. The zero-order valence-electron chi connectivity index (χ0n) is 16.6. The molecule has 0 saturated heterocycles. The van der Waals surface area contributed by atoms with E-state index in [1.54, 1.807) is 10.4 Å². The molecule has 2 nitrogen and oxygen atoms in total. The smallest absolute Gasteiger partial charge is 0.231 e. The fraction of sp³-hybridized carbons (Fsp3) is 0.304. The quantitative estimate of drug-likeness (QED) is 0.481. The second-order valence-corrected chi connectivity index (χ2v) is 12.9. The first-order chi connectivity index (χ1) is 12.3. The van der Waals surface area contributed by atoms with E-state index in [2.05, 4.69) is 86.9 Å². The molecule has 0 spiro atoms. The maximum absolute atomic E-state index is 4.43. The molecule has 0 unspecified atom stereocenters. The number of aromatic nitrogens is 2. The van der Waals surface area contributed by atoms with Crippen LogP contribution in [0.3, 0.4) is 0 Å². The van der Waals surface area contributed by atoms with E-state index in [1.165, 1.54) is 27.9 Å². The highest BCUT2D eigenvalue weighted by Crippen LogP contribution is 2.41. The van der Waals surface area contributed by atoms with Gasteiger partial charge in [0.2, 0.25) is 5.69 Å². The number of fused-ring (bicyclic) bond motifs is 2. The van der Waals surface area contributed by atoms with E-state index in [9.17, 15) is 0 Å². The number of hydrogen-bond donors (Lipinski definition) is 0. The fourth-order valence-electron chi connectivity index (χ4n) is 4.72. The van der Waals surface area contributed by atoms with Gasteiger partial charge in [-0.3, -0.25) is 4.98 Å². The minimum absolute atomic E-state index is 0.0291. The summed E-state index contributed by atoms with van der Waals surface area (Å²) in [5, 5.41) is 3.13. The summed E-state index contributed by atoms with van der Waals surface area (Å²) in [7, 11) is 0.358. The standard InChI is InChI=1S/C23H27N2Si/c1-16-11-12-20-22(21(16)18-15-24-13-14-25(18)4)23(2,3)17-9-7-8-10-19(17)26(20,5)6/h7-15H,1-6H3/q+1. The monoisotopic (exact) mass is 359 g/mol. The highest BCUT2D eigenvalue weighted by molar-refractivity contribution is 7.01. The van der Waals surface area contributed by atoms with Crippen molar-refractivity contribution in [2.24, 2.45) is 7.05 Å². The normalized spacial score (nSPS) is 16.7. The summed E-state index contributed by atoms with van der Waals surface area (Å²) in [6.45, 7) is 12.0. The zero-order chi connectivity index (χ0) is 18.7. The number of hydrogen-bond acceptors (Lipinski definition) is 1. The molecule has 0 radical (unpaired) electrons. The molecule has 2 aromatic carbocycles. The molecular weight excluding hydrogens is 332 g/mol. The molecule has 2 heterocycles. The van der Waals surface area contributed by atoms with Crippen LogP contribution in [0.2, 0.25) is 13.1 Å². The van der Waals surface area contributed by atoms with Crippen molar-refractivity contribution < 1.29 is 4.57 Å². The highest BCUT2D eigenvalue weighted by atomic mass is 28.3. The Balaban J connectivity index is 2.15. The molecule has 1 aromatic heterocycles. The second-order valence-electron chi connectivity index (χ2n) is 8.55. The Kier molecular flexibility index (Phi) is 3.71. The summed E-state index contributed by atoms with van der Waals surface area (Å²) in [6, 6.07) is 13.8. The number of nitrogens with zero attached hydrogens (tertiary/aromatic N) is 2. The first kappa shape index (κ1) is 17.2. The SMILES string of the molecule is Cc1ccc2c(c1-c1cncc[n+]1C)C(C)(C)c1ccccc1[Si]2(C)C. The summed E-state index contributed by atoms with van der Waals surface area (Å²) in [6.07, 6.45) is 5.90. The number of aryl methyl sites for hydroxylation is 2. The van der Waals surface area contributed by atoms with Crippen LogP contribution in [0, 0.1) is 6.92 Å². The van der Waals surface area contributed by atoms with Crippen LogP contribution in [0.15, 0.2) is 55.0 Å². The molecule has 4 rings (SSSR count). The van der Waals surface area contributed by atoms with Crippen molar-refractivity contribution in [1.29, 1.82) is 0 Å². The third kappa shape index (κ3) is 2.23. The lowest BCUT2D eigenvalue weighted by Crippen LogP contribution is -2.62. The fourth-order valence-corrected chi connectivity index (χ4v) is 8.16. The van der Waals surface area contributed by atoms with Crippen LogP contribution in [0.1, 0.15) is 30.5 Å². The molecule has 0 saturated carbocycles. The van der Waals surface area contributed by atoms with Gasteiger partial charge in [0, 0.05) is 5.41 Å². The topological polar surface area (TPSA) is 16.8 Å². The Morgan fingerprint density at radius 1 is 1.00 bits per heavy atom. The van der Waals surface area contributed by atoms with Gasteiger partial charge in [-0.05, 0) is 28.8 Å². The molecule has 0 fully saturated rings. The Morgan fingerprint density at radius 2 is 1.73 bits per heavy atom. The second kappa shape index (κ2) is 5.62. The molecule has 3 heteroatoms. The lowest BCUT2D eigenvalue weighted by atomic mass is 9.74. The Bertz CT molecular complexity index is 1020. The van der Waals surface area contributed by atoms with E-state index in [-0.39, 0.29) is 5.41 Å². The molecule has 1 aliphatic rings. The molecule has 0 atom stereocenters. The molecule has 132 valence electrons. The number of benzene rings is 2. The zero-order valence-corrected chi connectivity index (χ0v) is 17.6. The van der Waals surface area contributed by atoms with Gasteiger partial charge in [0.1, 0.15) is 15.1 Å². The lowest BCUT2D eigenvalue weighted by molar-refractivity contribution is -0.661. The largest absolute Gasteiger partial charge is 0.252 e. The van der Waals surface area contributed by atoms with E-state index in [0.717, 1.165) is 0 Å². The molecule has 0 N–H and O–H groups in total. The van der Waals surface area contributed by atoms with Crippen LogP contribution in [0.25, 0.3) is 11.3 Å². The predicted molar refractivity (Wildman–Crippen MR) is 111 cm³/mol. The van der Waals surface area contributed by atoms with Crippen molar-refractivity contribution in [3.8, 4) is 11.3 Å². The van der Waals surface area contributed by atoms with Gasteiger partial charge in [-0.25, -0.2) is 0 Å². The van der Waals surface area contributed by atoms with E-state index < -0.39 is 8.07 Å². The summed E-state index contributed by atoms with van der Waals surface area (Å²) in [5.74, 6) is 0. The van der Waals surface area contributed by atoms with Crippen LogP contribution >= 0.6 is 0 Å². The third-order valence-electron chi connectivity index (χ3n) is 6.20. The van der Waals surface area contributed by atoms with Gasteiger partial charge in [0.05, 0.1) is 18.0 Å². The summed E-state index contributed by atoms with van der Waals surface area (Å²) >= 11 is 0. The van der Waals surface area contributed by atoms with E-state index in [4.69, 9.17) is 0 Å². The predicted octanol–water partition coefficient (Wildman–Crippen LogP) is 3.34. The van der Waals surface area contributed by atoms with Crippen LogP contribution < -0.4 is 14.9 Å². The first-order valence-electron chi connectivity index (χ1n) is 9.31. The van der Waals surface area contributed by atoms with Gasteiger partial charge < -0.3 is 0 Å². The van der Waals surface area contributed by atoms with Crippen LogP contribution in [-0.4, -0.2) is 13.1 Å². The average molecular weight is 360 g/mol. The molecule has 0 aliphatic carbocycles. The summed E-state index contributed by atoms with van der Waals surface area (Å²) < 4.78 is 2.20. The Labute approximate surface area is 157 Å². The van der Waals surface area contributed by atoms with E-state index >= 15 is 0 Å². The van der Waals surface area contributed by atoms with Crippen molar-refractivity contribution in [3.63, 3.8) is 0 Å². The van der Waals surface area contributed by atoms with E-state index in [1.807, 2.05) is 18.6 Å². The molecule has 0 amide bonds. The average Bonchev–Trinajstić information content (AvgIpc) is 2.61. The van der Waals surface area contributed by atoms with Crippen molar-refractivity contribution in [2.75, 3.05) is 0 Å². The van der Waals surface area contributed by atoms with Gasteiger partial charge in [-0.15, -0.1) is 0 Å². The molecule has 0 bridgehead atoms. The van der Waals surface area contributed by atoms with Gasteiger partial charge in [-0.2, -0.15) is 4.57 Å². The van der Waals surface area contributed by atoms with Gasteiger partial charge in [0.15, 0.2) is 6.20 Å².